The van der Waals surface area contributed by atoms with Gasteiger partial charge >= 0.3 is 0 Å². The topological polar surface area (TPSA) is 41.5 Å². The third kappa shape index (κ3) is 1.15. The summed E-state index contributed by atoms with van der Waals surface area (Å²) in [4.78, 5) is 15.6. The number of amides is 1. The van der Waals surface area contributed by atoms with E-state index in [2.05, 4.69) is 16.9 Å². The molecule has 0 aromatic carbocycles. The lowest BCUT2D eigenvalue weighted by Gasteiger charge is -2.31. The van der Waals surface area contributed by atoms with Gasteiger partial charge in [0.2, 0.25) is 5.91 Å². The summed E-state index contributed by atoms with van der Waals surface area (Å²) in [5.74, 6) is 0.159. The van der Waals surface area contributed by atoms with Gasteiger partial charge in [-0.25, -0.2) is 0 Å². The Morgan fingerprint density at radius 2 is 2.50 bits per heavy atom. The first-order chi connectivity index (χ1) is 5.77. The predicted octanol–water partition coefficient (Wildman–Crippen LogP) is 0.869. The number of allylic oxidation sites excluding steroid dienone is 1. The van der Waals surface area contributed by atoms with Gasteiger partial charge in [0, 0.05) is 0 Å². The number of carbonyl (C=O) groups is 1. The van der Waals surface area contributed by atoms with Crippen LogP contribution in [0.4, 0.5) is 0 Å². The van der Waals surface area contributed by atoms with E-state index in [4.69, 9.17) is 0 Å². The van der Waals surface area contributed by atoms with Crippen molar-refractivity contribution in [3.05, 3.63) is 12.2 Å². The molecule has 1 aliphatic heterocycles. The molecule has 1 fully saturated rings. The highest BCUT2D eigenvalue weighted by molar-refractivity contribution is 5.91. The maximum absolute atomic E-state index is 11.3. The van der Waals surface area contributed by atoms with Crippen LogP contribution < -0.4 is 5.32 Å². The molecule has 1 aliphatic carbocycles. The van der Waals surface area contributed by atoms with Crippen LogP contribution >= 0.6 is 0 Å². The molecule has 64 valence electrons. The van der Waals surface area contributed by atoms with Crippen molar-refractivity contribution < 1.29 is 4.79 Å². The van der Waals surface area contributed by atoms with Crippen LogP contribution in [0.25, 0.3) is 0 Å². The van der Waals surface area contributed by atoms with E-state index < -0.39 is 0 Å². The van der Waals surface area contributed by atoms with Gasteiger partial charge in [-0.3, -0.25) is 9.79 Å². The van der Waals surface area contributed by atoms with E-state index in [1.54, 1.807) is 0 Å². The molecule has 3 nitrogen and oxygen atoms in total. The summed E-state index contributed by atoms with van der Waals surface area (Å²) in [6.45, 7) is 3.91. The quantitative estimate of drug-likeness (QED) is 0.530. The molecule has 1 saturated carbocycles. The van der Waals surface area contributed by atoms with Crippen molar-refractivity contribution in [3.8, 4) is 0 Å². The number of aliphatic imine (C=N–C) groups is 1. The van der Waals surface area contributed by atoms with E-state index in [1.807, 2.05) is 0 Å². The molecule has 0 radical (unpaired) electrons. The van der Waals surface area contributed by atoms with Crippen molar-refractivity contribution in [2.45, 2.75) is 25.3 Å². The molecule has 12 heavy (non-hydrogen) atoms. The van der Waals surface area contributed by atoms with Crippen LogP contribution in [0.5, 0.6) is 0 Å². The largest absolute Gasteiger partial charge is 0.317 e. The van der Waals surface area contributed by atoms with Gasteiger partial charge in [0.05, 0.1) is 18.3 Å². The van der Waals surface area contributed by atoms with Crippen LogP contribution in [-0.2, 0) is 4.79 Å². The molecule has 2 rings (SSSR count). The van der Waals surface area contributed by atoms with E-state index in [9.17, 15) is 4.79 Å². The summed E-state index contributed by atoms with van der Waals surface area (Å²) in [5, 5.41) is 2.63. The zero-order valence-electron chi connectivity index (χ0n) is 6.92. The molecular formula is C9H12N2O. The number of carbonyl (C=O) groups excluding carboxylic acids is 1. The summed E-state index contributed by atoms with van der Waals surface area (Å²) >= 11 is 0. The first kappa shape index (κ1) is 7.53. The van der Waals surface area contributed by atoms with Crippen LogP contribution in [0.15, 0.2) is 17.1 Å². The molecule has 1 heterocycles. The van der Waals surface area contributed by atoms with Crippen LogP contribution in [0.2, 0.25) is 0 Å². The first-order valence-electron chi connectivity index (χ1n) is 4.26. The van der Waals surface area contributed by atoms with E-state index in [1.165, 1.54) is 11.9 Å². The molecule has 2 aliphatic rings. The fourth-order valence-corrected chi connectivity index (χ4v) is 1.85. The number of hydrogen-bond donors (Lipinski definition) is 1. The molecule has 1 N–H and O–H groups in total. The van der Waals surface area contributed by atoms with Crippen LogP contribution in [-0.4, -0.2) is 18.3 Å². The molecule has 3 heteroatoms. The van der Waals surface area contributed by atoms with Gasteiger partial charge < -0.3 is 5.32 Å². The zero-order valence-corrected chi connectivity index (χ0v) is 6.92. The Kier molecular flexibility index (Phi) is 1.71. The Morgan fingerprint density at radius 1 is 1.67 bits per heavy atom. The van der Waals surface area contributed by atoms with Crippen molar-refractivity contribution in [2.75, 3.05) is 0 Å². The SMILES string of the molecule is C=C1CCC2N=CNC(=O)C2C1. The van der Waals surface area contributed by atoms with Crippen molar-refractivity contribution in [1.82, 2.24) is 5.32 Å². The van der Waals surface area contributed by atoms with E-state index in [0.29, 0.717) is 0 Å². The average molecular weight is 164 g/mol. The van der Waals surface area contributed by atoms with Crippen molar-refractivity contribution >= 4 is 12.2 Å². The van der Waals surface area contributed by atoms with E-state index >= 15 is 0 Å². The smallest absolute Gasteiger partial charge is 0.230 e. The minimum atomic E-state index is 0.0521. The van der Waals surface area contributed by atoms with E-state index in [0.717, 1.165) is 19.3 Å². The lowest BCUT2D eigenvalue weighted by molar-refractivity contribution is -0.124. The van der Waals surface area contributed by atoms with Crippen molar-refractivity contribution in [2.24, 2.45) is 10.9 Å². The zero-order chi connectivity index (χ0) is 8.55. The predicted molar refractivity (Wildman–Crippen MR) is 46.9 cm³/mol. The second-order valence-corrected chi connectivity index (χ2v) is 3.45. The average Bonchev–Trinajstić information content (AvgIpc) is 2.07. The van der Waals surface area contributed by atoms with Gasteiger partial charge in [-0.15, -0.1) is 0 Å². The Bertz CT molecular complexity index is 257. The number of nitrogens with zero attached hydrogens (tertiary/aromatic N) is 1. The standard InChI is InChI=1S/C9H12N2O/c1-6-2-3-8-7(4-6)9(12)11-5-10-8/h5,7-8H,1-4H2,(H,10,11,12). The summed E-state index contributed by atoms with van der Waals surface area (Å²) in [6.07, 6.45) is 4.34. The molecule has 0 aromatic heterocycles. The lowest BCUT2D eigenvalue weighted by atomic mass is 9.81. The highest BCUT2D eigenvalue weighted by Gasteiger charge is 2.33. The fourth-order valence-electron chi connectivity index (χ4n) is 1.85. The van der Waals surface area contributed by atoms with Crippen LogP contribution in [0.1, 0.15) is 19.3 Å². The Morgan fingerprint density at radius 3 is 3.33 bits per heavy atom. The highest BCUT2D eigenvalue weighted by atomic mass is 16.2. The molecular weight excluding hydrogens is 152 g/mol. The summed E-state index contributed by atoms with van der Waals surface area (Å²) < 4.78 is 0. The monoisotopic (exact) mass is 164 g/mol. The Labute approximate surface area is 71.6 Å². The van der Waals surface area contributed by atoms with Gasteiger partial charge in [0.1, 0.15) is 0 Å². The third-order valence-electron chi connectivity index (χ3n) is 2.58. The maximum Gasteiger partial charge on any atom is 0.230 e. The second kappa shape index (κ2) is 2.73. The van der Waals surface area contributed by atoms with E-state index in [-0.39, 0.29) is 17.9 Å². The normalized spacial score (nSPS) is 34.3. The maximum atomic E-state index is 11.3. The van der Waals surface area contributed by atoms with Crippen LogP contribution in [0, 0.1) is 5.92 Å². The Balaban J connectivity index is 2.19. The first-order valence-corrected chi connectivity index (χ1v) is 4.26. The second-order valence-electron chi connectivity index (χ2n) is 3.45. The summed E-state index contributed by atoms with van der Waals surface area (Å²) in [7, 11) is 0. The van der Waals surface area contributed by atoms with Crippen LogP contribution in [0.3, 0.4) is 0 Å². The van der Waals surface area contributed by atoms with Gasteiger partial charge in [-0.05, 0) is 19.3 Å². The molecule has 0 saturated heterocycles. The third-order valence-corrected chi connectivity index (χ3v) is 2.58. The fraction of sp³-hybridized carbons (Fsp3) is 0.556. The highest BCUT2D eigenvalue weighted by Crippen LogP contribution is 2.30. The minimum Gasteiger partial charge on any atom is -0.317 e. The number of fused-ring (bicyclic) bond motifs is 1. The van der Waals surface area contributed by atoms with Gasteiger partial charge in [0.15, 0.2) is 0 Å². The van der Waals surface area contributed by atoms with Gasteiger partial charge in [-0.2, -0.15) is 0 Å². The summed E-state index contributed by atoms with van der Waals surface area (Å²) in [5.41, 5.74) is 1.18. The number of hydrogen-bond acceptors (Lipinski definition) is 2. The minimum absolute atomic E-state index is 0.0521. The summed E-state index contributed by atoms with van der Waals surface area (Å²) in [6, 6.07) is 0.212. The lowest BCUT2D eigenvalue weighted by Crippen LogP contribution is -2.42. The molecule has 0 spiro atoms. The molecule has 0 aromatic rings. The Hall–Kier alpha value is -1.12. The number of nitrogens with one attached hydrogen (secondary N) is 1. The van der Waals surface area contributed by atoms with Crippen molar-refractivity contribution in [1.29, 1.82) is 0 Å². The number of rotatable bonds is 0. The molecule has 2 atom stereocenters. The molecule has 2 unspecified atom stereocenters. The molecule has 1 amide bonds. The van der Waals surface area contributed by atoms with Gasteiger partial charge in [-0.1, -0.05) is 12.2 Å². The molecule has 0 bridgehead atoms. The van der Waals surface area contributed by atoms with Crippen molar-refractivity contribution in [3.63, 3.8) is 0 Å². The van der Waals surface area contributed by atoms with Gasteiger partial charge in [0.25, 0.3) is 0 Å².